The van der Waals surface area contributed by atoms with E-state index in [0.29, 0.717) is 11.4 Å². The average Bonchev–Trinajstić information content (AvgIpc) is 2.95. The van der Waals surface area contributed by atoms with Crippen LogP contribution in [0.3, 0.4) is 0 Å². The molecule has 4 nitrogen and oxygen atoms in total. The summed E-state index contributed by atoms with van der Waals surface area (Å²) in [5, 5.41) is 3.34. The van der Waals surface area contributed by atoms with Gasteiger partial charge in [-0.3, -0.25) is 9.59 Å². The Morgan fingerprint density at radius 2 is 1.27 bits per heavy atom. The molecule has 0 spiro atoms. The van der Waals surface area contributed by atoms with Crippen LogP contribution in [0.25, 0.3) is 0 Å². The van der Waals surface area contributed by atoms with Crippen LogP contribution in [0, 0.1) is 0 Å². The summed E-state index contributed by atoms with van der Waals surface area (Å²) in [5.74, 6) is -0.465. The van der Waals surface area contributed by atoms with Gasteiger partial charge < -0.3 is 10.2 Å². The van der Waals surface area contributed by atoms with Gasteiger partial charge in [-0.1, -0.05) is 121 Å². The first kappa shape index (κ1) is 26.2. The van der Waals surface area contributed by atoms with E-state index in [1.807, 2.05) is 115 Å². The van der Waals surface area contributed by atoms with Gasteiger partial charge in [0.05, 0.1) is 0 Å². The van der Waals surface area contributed by atoms with Crippen LogP contribution in [0.4, 0.5) is 0 Å². The topological polar surface area (TPSA) is 49.4 Å². The van der Waals surface area contributed by atoms with Crippen LogP contribution in [0.2, 0.25) is 5.02 Å². The van der Waals surface area contributed by atoms with Crippen LogP contribution in [-0.4, -0.2) is 29.8 Å². The van der Waals surface area contributed by atoms with Crippen LogP contribution >= 0.6 is 11.6 Å². The van der Waals surface area contributed by atoms with Gasteiger partial charge in [-0.15, -0.1) is 0 Å². The van der Waals surface area contributed by atoms with E-state index in [1.165, 1.54) is 0 Å². The Labute approximate surface area is 223 Å². The number of rotatable bonds is 10. The molecule has 0 aliphatic rings. The summed E-state index contributed by atoms with van der Waals surface area (Å²) >= 11 is 6.51. The van der Waals surface area contributed by atoms with Gasteiger partial charge in [0.25, 0.3) is 0 Å². The SMILES string of the molecule is CNC(=O)[C@H](Cc1ccccc1)N(Cc1ccccc1Cl)C(=O)CC(c1ccccc1)c1ccccc1. The molecule has 1 N–H and O–H groups in total. The van der Waals surface area contributed by atoms with Crippen molar-refractivity contribution in [3.63, 3.8) is 0 Å². The lowest BCUT2D eigenvalue weighted by Gasteiger charge is -2.33. The van der Waals surface area contributed by atoms with E-state index >= 15 is 0 Å². The molecule has 0 saturated carbocycles. The predicted octanol–water partition coefficient (Wildman–Crippen LogP) is 6.25. The minimum absolute atomic E-state index is 0.109. The number of nitrogens with zero attached hydrogens (tertiary/aromatic N) is 1. The van der Waals surface area contributed by atoms with E-state index in [4.69, 9.17) is 11.6 Å². The highest BCUT2D eigenvalue weighted by Crippen LogP contribution is 2.30. The van der Waals surface area contributed by atoms with Crippen molar-refractivity contribution in [3.05, 3.63) is 143 Å². The van der Waals surface area contributed by atoms with Crippen LogP contribution in [0.15, 0.2) is 115 Å². The van der Waals surface area contributed by atoms with E-state index in [-0.39, 0.29) is 30.7 Å². The third-order valence-corrected chi connectivity index (χ3v) is 6.97. The number of carbonyl (C=O) groups is 2. The Bertz CT molecular complexity index is 1260. The average molecular weight is 511 g/mol. The van der Waals surface area contributed by atoms with E-state index in [0.717, 1.165) is 22.3 Å². The standard InChI is InChI=1S/C32H31ClN2O2/c1-34-32(37)30(21-24-13-5-2-6-14-24)35(23-27-19-11-12-20-29(27)33)31(36)22-28(25-15-7-3-8-16-25)26-17-9-4-10-18-26/h2-20,28,30H,21-23H2,1H3,(H,34,37)/t30-/m0/s1. The smallest absolute Gasteiger partial charge is 0.242 e. The summed E-state index contributed by atoms with van der Waals surface area (Å²) < 4.78 is 0. The molecule has 0 aromatic heterocycles. The highest BCUT2D eigenvalue weighted by atomic mass is 35.5. The fraction of sp³-hybridized carbons (Fsp3) is 0.188. The summed E-state index contributed by atoms with van der Waals surface area (Å²) in [6, 6.07) is 36.6. The van der Waals surface area contributed by atoms with E-state index in [2.05, 4.69) is 5.32 Å². The maximum Gasteiger partial charge on any atom is 0.242 e. The van der Waals surface area contributed by atoms with Crippen molar-refractivity contribution in [1.82, 2.24) is 10.2 Å². The van der Waals surface area contributed by atoms with Gasteiger partial charge in [-0.25, -0.2) is 0 Å². The Balaban J connectivity index is 1.72. The molecule has 0 unspecified atom stereocenters. The summed E-state index contributed by atoms with van der Waals surface area (Å²) in [7, 11) is 1.61. The molecule has 4 rings (SSSR count). The molecule has 0 radical (unpaired) electrons. The molecule has 0 aliphatic heterocycles. The summed E-state index contributed by atoms with van der Waals surface area (Å²) in [4.78, 5) is 29.1. The number of benzene rings is 4. The van der Waals surface area contributed by atoms with Gasteiger partial charge in [0.1, 0.15) is 6.04 Å². The molecule has 37 heavy (non-hydrogen) atoms. The number of hydrogen-bond donors (Lipinski definition) is 1. The van der Waals surface area contributed by atoms with Crippen molar-refractivity contribution < 1.29 is 9.59 Å². The van der Waals surface area contributed by atoms with Gasteiger partial charge in [0.15, 0.2) is 0 Å². The zero-order valence-corrected chi connectivity index (χ0v) is 21.6. The monoisotopic (exact) mass is 510 g/mol. The maximum atomic E-state index is 14.2. The molecular formula is C32H31ClN2O2. The van der Waals surface area contributed by atoms with Crippen molar-refractivity contribution in [2.24, 2.45) is 0 Å². The second-order valence-electron chi connectivity index (χ2n) is 9.01. The zero-order valence-electron chi connectivity index (χ0n) is 20.9. The number of halogens is 1. The maximum absolute atomic E-state index is 14.2. The molecule has 1 atom stereocenters. The molecule has 0 aliphatic carbocycles. The summed E-state index contributed by atoms with van der Waals surface area (Å²) in [6.45, 7) is 0.236. The normalized spacial score (nSPS) is 11.6. The molecule has 0 bridgehead atoms. The number of likely N-dealkylation sites (N-methyl/N-ethyl adjacent to an activating group) is 1. The Kier molecular flexibility index (Phi) is 9.12. The van der Waals surface area contributed by atoms with Crippen molar-refractivity contribution >= 4 is 23.4 Å². The molecule has 0 heterocycles. The first-order chi connectivity index (χ1) is 18.1. The van der Waals surface area contributed by atoms with Crippen molar-refractivity contribution in [2.45, 2.75) is 31.3 Å². The van der Waals surface area contributed by atoms with E-state index < -0.39 is 6.04 Å². The highest BCUT2D eigenvalue weighted by molar-refractivity contribution is 6.31. The number of carbonyl (C=O) groups excluding carboxylic acids is 2. The number of amides is 2. The van der Waals surface area contributed by atoms with Gasteiger partial charge >= 0.3 is 0 Å². The lowest BCUT2D eigenvalue weighted by Crippen LogP contribution is -2.50. The van der Waals surface area contributed by atoms with Crippen molar-refractivity contribution in [2.75, 3.05) is 7.05 Å². The Morgan fingerprint density at radius 1 is 0.757 bits per heavy atom. The van der Waals surface area contributed by atoms with E-state index in [1.54, 1.807) is 11.9 Å². The molecule has 4 aromatic carbocycles. The minimum Gasteiger partial charge on any atom is -0.357 e. The minimum atomic E-state index is -0.691. The van der Waals surface area contributed by atoms with Gasteiger partial charge in [-0.05, 0) is 28.3 Å². The zero-order chi connectivity index (χ0) is 26.0. The van der Waals surface area contributed by atoms with Gasteiger partial charge in [0.2, 0.25) is 11.8 Å². The Hall–Kier alpha value is -3.89. The fourth-order valence-corrected chi connectivity index (χ4v) is 4.82. The number of nitrogens with one attached hydrogen (secondary N) is 1. The number of hydrogen-bond acceptors (Lipinski definition) is 2. The quantitative estimate of drug-likeness (QED) is 0.274. The predicted molar refractivity (Wildman–Crippen MR) is 149 cm³/mol. The van der Waals surface area contributed by atoms with Crippen LogP contribution in [0.1, 0.15) is 34.6 Å². The summed E-state index contributed by atoms with van der Waals surface area (Å²) in [6.07, 6.45) is 0.624. The second kappa shape index (κ2) is 12.9. The lowest BCUT2D eigenvalue weighted by atomic mass is 9.87. The first-order valence-electron chi connectivity index (χ1n) is 12.4. The molecular weight excluding hydrogens is 480 g/mol. The molecule has 188 valence electrons. The van der Waals surface area contributed by atoms with Crippen LogP contribution < -0.4 is 5.32 Å². The lowest BCUT2D eigenvalue weighted by molar-refractivity contribution is -0.141. The molecule has 0 fully saturated rings. The van der Waals surface area contributed by atoms with Gasteiger partial charge in [0, 0.05) is 37.4 Å². The fourth-order valence-electron chi connectivity index (χ4n) is 4.62. The molecule has 2 amide bonds. The third kappa shape index (κ3) is 6.87. The highest BCUT2D eigenvalue weighted by Gasteiger charge is 2.32. The van der Waals surface area contributed by atoms with Crippen molar-refractivity contribution in [1.29, 1.82) is 0 Å². The summed E-state index contributed by atoms with van der Waals surface area (Å²) in [5.41, 5.74) is 3.89. The largest absolute Gasteiger partial charge is 0.357 e. The Morgan fingerprint density at radius 3 is 1.81 bits per heavy atom. The molecule has 4 aromatic rings. The first-order valence-corrected chi connectivity index (χ1v) is 12.8. The third-order valence-electron chi connectivity index (χ3n) is 6.60. The molecule has 5 heteroatoms. The van der Waals surface area contributed by atoms with Gasteiger partial charge in [-0.2, -0.15) is 0 Å². The van der Waals surface area contributed by atoms with Crippen LogP contribution in [-0.2, 0) is 22.6 Å². The van der Waals surface area contributed by atoms with Crippen LogP contribution in [0.5, 0.6) is 0 Å². The van der Waals surface area contributed by atoms with E-state index in [9.17, 15) is 9.59 Å². The second-order valence-corrected chi connectivity index (χ2v) is 9.42. The molecule has 0 saturated heterocycles. The van der Waals surface area contributed by atoms with Crippen molar-refractivity contribution in [3.8, 4) is 0 Å².